The van der Waals surface area contributed by atoms with E-state index in [0.717, 1.165) is 16.8 Å². The second-order valence-electron chi connectivity index (χ2n) is 12.0. The van der Waals surface area contributed by atoms with Crippen LogP contribution < -0.4 is 5.32 Å². The van der Waals surface area contributed by atoms with Gasteiger partial charge in [0.2, 0.25) is 11.8 Å². The van der Waals surface area contributed by atoms with Crippen LogP contribution >= 0.6 is 0 Å². The molecule has 2 heterocycles. The molecule has 9 heteroatoms. The van der Waals surface area contributed by atoms with Crippen molar-refractivity contribution >= 4 is 17.9 Å². The van der Waals surface area contributed by atoms with Gasteiger partial charge in [0.25, 0.3) is 0 Å². The molecule has 1 saturated heterocycles. The van der Waals surface area contributed by atoms with Gasteiger partial charge in [-0.15, -0.1) is 0 Å². The molecule has 2 aromatic rings. The number of nitrogens with one attached hydrogen (secondary N) is 1. The average molecular weight is 553 g/mol. The number of aromatic nitrogens is 1. The minimum atomic E-state index is -0.929. The van der Waals surface area contributed by atoms with E-state index in [-0.39, 0.29) is 30.7 Å². The number of hydrogen-bond acceptors (Lipinski definition) is 6. The Morgan fingerprint density at radius 1 is 1.18 bits per heavy atom. The van der Waals surface area contributed by atoms with E-state index < -0.39 is 29.9 Å². The van der Waals surface area contributed by atoms with Crippen LogP contribution in [-0.4, -0.2) is 81.7 Å². The van der Waals surface area contributed by atoms with Gasteiger partial charge in [-0.2, -0.15) is 0 Å². The summed E-state index contributed by atoms with van der Waals surface area (Å²) in [6.45, 7) is 9.93. The van der Waals surface area contributed by atoms with Gasteiger partial charge in [0.05, 0.1) is 24.3 Å². The molecule has 1 fully saturated rings. The van der Waals surface area contributed by atoms with Crippen LogP contribution in [0.25, 0.3) is 11.3 Å². The second-order valence-corrected chi connectivity index (χ2v) is 12.0. The maximum absolute atomic E-state index is 13.4. The summed E-state index contributed by atoms with van der Waals surface area (Å²) in [5.41, 5.74) is 1.97. The van der Waals surface area contributed by atoms with E-state index in [1.54, 1.807) is 38.9 Å². The number of carbonyl (C=O) groups is 3. The number of pyridine rings is 1. The lowest BCUT2D eigenvalue weighted by atomic mass is 10.0. The fourth-order valence-corrected chi connectivity index (χ4v) is 4.82. The molecule has 3 rings (SSSR count). The molecule has 218 valence electrons. The van der Waals surface area contributed by atoms with Crippen LogP contribution in [0.5, 0.6) is 0 Å². The van der Waals surface area contributed by atoms with Crippen molar-refractivity contribution in [2.24, 2.45) is 5.92 Å². The zero-order valence-electron chi connectivity index (χ0n) is 24.6. The molecule has 0 bridgehead atoms. The van der Waals surface area contributed by atoms with Gasteiger partial charge in [0.1, 0.15) is 11.6 Å². The molecule has 0 aliphatic carbocycles. The number of β-amino-alcohol motifs (C(OH)–C–C–N with tert-alkyl or cyclic N) is 1. The van der Waals surface area contributed by atoms with E-state index in [1.807, 2.05) is 56.3 Å². The number of amides is 3. The SMILES string of the molecule is CC(C)C[C@@H](C(=O)NC1CCCN(C(=O)Cc2cccc(-c3ccccn3)c2)CC1O)N(C)C(=O)OC(C)(C)C. The van der Waals surface area contributed by atoms with Gasteiger partial charge < -0.3 is 20.1 Å². The minimum Gasteiger partial charge on any atom is -0.444 e. The number of benzene rings is 1. The van der Waals surface area contributed by atoms with Gasteiger partial charge >= 0.3 is 6.09 Å². The number of nitrogens with zero attached hydrogens (tertiary/aromatic N) is 3. The first kappa shape index (κ1) is 31.1. The molecular formula is C31H44N4O5. The largest absolute Gasteiger partial charge is 0.444 e. The number of rotatable bonds is 8. The fraction of sp³-hybridized carbons (Fsp3) is 0.548. The van der Waals surface area contributed by atoms with Gasteiger partial charge in [-0.1, -0.05) is 38.1 Å². The first-order valence-electron chi connectivity index (χ1n) is 14.1. The van der Waals surface area contributed by atoms with Crippen LogP contribution in [0.4, 0.5) is 4.79 Å². The standard InChI is InChI=1S/C31H44N4O5/c1-21(2)17-26(34(6)30(39)40-31(3,4)5)29(38)33-25-14-10-16-35(20-27(25)36)28(37)19-22-11-9-12-23(18-22)24-13-7-8-15-32-24/h7-9,11-13,15,18,21,25-27,36H,10,14,16-17,19-20H2,1-6H3,(H,33,38)/t25?,26-,27?/m0/s1. The third-order valence-corrected chi connectivity index (χ3v) is 6.88. The molecule has 3 amide bonds. The van der Waals surface area contributed by atoms with Crippen LogP contribution in [0.2, 0.25) is 0 Å². The van der Waals surface area contributed by atoms with E-state index in [4.69, 9.17) is 4.74 Å². The summed E-state index contributed by atoms with van der Waals surface area (Å²) >= 11 is 0. The summed E-state index contributed by atoms with van der Waals surface area (Å²) in [6.07, 6.45) is 2.06. The first-order chi connectivity index (χ1) is 18.8. The third kappa shape index (κ3) is 9.05. The Morgan fingerprint density at radius 3 is 2.58 bits per heavy atom. The van der Waals surface area contributed by atoms with Crippen molar-refractivity contribution in [1.82, 2.24) is 20.1 Å². The maximum Gasteiger partial charge on any atom is 0.410 e. The van der Waals surface area contributed by atoms with E-state index in [0.29, 0.717) is 25.8 Å². The van der Waals surface area contributed by atoms with Crippen LogP contribution in [0.3, 0.4) is 0 Å². The van der Waals surface area contributed by atoms with Gasteiger partial charge in [0, 0.05) is 31.9 Å². The Kier molecular flexibility index (Phi) is 10.7. The number of hydrogen-bond donors (Lipinski definition) is 2. The highest BCUT2D eigenvalue weighted by Crippen LogP contribution is 2.21. The predicted octanol–water partition coefficient (Wildman–Crippen LogP) is 4.04. The molecular weight excluding hydrogens is 508 g/mol. The molecule has 3 atom stereocenters. The van der Waals surface area contributed by atoms with Crippen molar-refractivity contribution in [2.45, 2.75) is 84.1 Å². The van der Waals surface area contributed by atoms with Gasteiger partial charge in [-0.3, -0.25) is 19.5 Å². The normalized spacial score (nSPS) is 18.6. The first-order valence-corrected chi connectivity index (χ1v) is 14.1. The number of aliphatic hydroxyl groups is 1. The number of carbonyl (C=O) groups excluding carboxylic acids is 3. The van der Waals surface area contributed by atoms with Crippen LogP contribution in [0, 0.1) is 5.92 Å². The van der Waals surface area contributed by atoms with Crippen molar-refractivity contribution in [1.29, 1.82) is 0 Å². The molecule has 9 nitrogen and oxygen atoms in total. The molecule has 0 radical (unpaired) electrons. The zero-order valence-corrected chi connectivity index (χ0v) is 24.6. The Balaban J connectivity index is 1.63. The molecule has 0 saturated carbocycles. The van der Waals surface area contributed by atoms with Crippen LogP contribution in [0.15, 0.2) is 48.7 Å². The van der Waals surface area contributed by atoms with Crippen molar-refractivity contribution in [3.05, 3.63) is 54.2 Å². The molecule has 2 N–H and O–H groups in total. The topological polar surface area (TPSA) is 112 Å². The number of likely N-dealkylation sites (N-methyl/N-ethyl adjacent to an activating group) is 1. The Labute approximate surface area is 237 Å². The van der Waals surface area contributed by atoms with Crippen molar-refractivity contribution < 1.29 is 24.2 Å². The van der Waals surface area contributed by atoms with E-state index in [2.05, 4.69) is 10.3 Å². The van der Waals surface area contributed by atoms with Crippen molar-refractivity contribution in [3.63, 3.8) is 0 Å². The highest BCUT2D eigenvalue weighted by Gasteiger charge is 2.34. The molecule has 1 aliphatic rings. The maximum atomic E-state index is 13.4. The quantitative estimate of drug-likeness (QED) is 0.511. The lowest BCUT2D eigenvalue weighted by Crippen LogP contribution is -2.54. The third-order valence-electron chi connectivity index (χ3n) is 6.88. The molecule has 1 aliphatic heterocycles. The van der Waals surface area contributed by atoms with Gasteiger partial charge in [-0.05, 0) is 69.7 Å². The fourth-order valence-electron chi connectivity index (χ4n) is 4.82. The lowest BCUT2D eigenvalue weighted by molar-refractivity contribution is -0.131. The average Bonchev–Trinajstić information content (AvgIpc) is 3.07. The van der Waals surface area contributed by atoms with E-state index in [1.165, 1.54) is 4.90 Å². The molecule has 1 aromatic heterocycles. The van der Waals surface area contributed by atoms with E-state index in [9.17, 15) is 19.5 Å². The smallest absolute Gasteiger partial charge is 0.410 e. The predicted molar refractivity (Wildman–Crippen MR) is 154 cm³/mol. The summed E-state index contributed by atoms with van der Waals surface area (Å²) in [4.78, 5) is 46.6. The Bertz CT molecular complexity index is 1150. The Morgan fingerprint density at radius 2 is 1.93 bits per heavy atom. The van der Waals surface area contributed by atoms with Crippen LogP contribution in [0.1, 0.15) is 59.4 Å². The lowest BCUT2D eigenvalue weighted by Gasteiger charge is -2.32. The van der Waals surface area contributed by atoms with Crippen molar-refractivity contribution in [2.75, 3.05) is 20.1 Å². The highest BCUT2D eigenvalue weighted by atomic mass is 16.6. The summed E-state index contributed by atoms with van der Waals surface area (Å²) in [7, 11) is 1.56. The summed E-state index contributed by atoms with van der Waals surface area (Å²) in [5, 5.41) is 14.0. The second kappa shape index (κ2) is 13.7. The van der Waals surface area contributed by atoms with Crippen LogP contribution in [-0.2, 0) is 20.7 Å². The minimum absolute atomic E-state index is 0.0773. The zero-order chi connectivity index (χ0) is 29.4. The number of ether oxygens (including phenoxy) is 1. The number of likely N-dealkylation sites (tertiary alicyclic amines) is 1. The van der Waals surface area contributed by atoms with Gasteiger partial charge in [0.15, 0.2) is 0 Å². The summed E-state index contributed by atoms with van der Waals surface area (Å²) in [6, 6.07) is 12.2. The van der Waals surface area contributed by atoms with Crippen molar-refractivity contribution in [3.8, 4) is 11.3 Å². The summed E-state index contributed by atoms with van der Waals surface area (Å²) < 4.78 is 5.47. The van der Waals surface area contributed by atoms with E-state index >= 15 is 0 Å². The molecule has 0 spiro atoms. The number of aliphatic hydroxyl groups excluding tert-OH is 1. The summed E-state index contributed by atoms with van der Waals surface area (Å²) in [5.74, 6) is -0.257. The molecule has 40 heavy (non-hydrogen) atoms. The Hall–Kier alpha value is -3.46. The van der Waals surface area contributed by atoms with Gasteiger partial charge in [-0.25, -0.2) is 4.79 Å². The molecule has 2 unspecified atom stereocenters. The highest BCUT2D eigenvalue weighted by molar-refractivity contribution is 5.86. The monoisotopic (exact) mass is 552 g/mol. The molecule has 1 aromatic carbocycles.